The van der Waals surface area contributed by atoms with E-state index >= 15 is 0 Å². The van der Waals surface area contributed by atoms with Gasteiger partial charge >= 0.3 is 6.03 Å². The maximum Gasteiger partial charge on any atom is 0.319 e. The highest BCUT2D eigenvalue weighted by molar-refractivity contribution is 6.30. The smallest absolute Gasteiger partial charge is 0.319 e. The number of amides is 2. The average Bonchev–Trinajstić information content (AvgIpc) is 2.28. The number of halogens is 1. The molecule has 2 N–H and O–H groups in total. The Bertz CT molecular complexity index is 327. The van der Waals surface area contributed by atoms with Crippen molar-refractivity contribution in [2.75, 3.05) is 25.6 Å². The predicted octanol–water partition coefficient (Wildman–Crippen LogP) is 2.50. The maximum atomic E-state index is 11.4. The first-order valence-corrected chi connectivity index (χ1v) is 5.39. The van der Waals surface area contributed by atoms with Crippen LogP contribution in [0, 0.1) is 0 Å². The molecule has 0 heterocycles. The molecular formula is C11H15ClN2O2. The van der Waals surface area contributed by atoms with Crippen molar-refractivity contribution in [3.05, 3.63) is 29.3 Å². The van der Waals surface area contributed by atoms with Crippen LogP contribution in [0.15, 0.2) is 24.3 Å². The lowest BCUT2D eigenvalue weighted by Gasteiger charge is -2.07. The third kappa shape index (κ3) is 5.00. The number of nitrogens with one attached hydrogen (secondary N) is 2. The minimum absolute atomic E-state index is 0.224. The van der Waals surface area contributed by atoms with Crippen molar-refractivity contribution in [2.45, 2.75) is 6.42 Å². The van der Waals surface area contributed by atoms with Gasteiger partial charge in [0.1, 0.15) is 0 Å². The SMILES string of the molecule is COCCCNC(=O)Nc1ccc(Cl)cc1. The molecule has 0 aliphatic heterocycles. The van der Waals surface area contributed by atoms with Gasteiger partial charge < -0.3 is 15.4 Å². The Kier molecular flexibility index (Phi) is 5.67. The van der Waals surface area contributed by atoms with E-state index in [-0.39, 0.29) is 6.03 Å². The van der Waals surface area contributed by atoms with E-state index in [1.807, 2.05) is 0 Å². The topological polar surface area (TPSA) is 50.4 Å². The van der Waals surface area contributed by atoms with Crippen LogP contribution < -0.4 is 10.6 Å². The Morgan fingerprint density at radius 3 is 2.69 bits per heavy atom. The van der Waals surface area contributed by atoms with Crippen molar-refractivity contribution < 1.29 is 9.53 Å². The first-order valence-electron chi connectivity index (χ1n) is 5.01. The lowest BCUT2D eigenvalue weighted by molar-refractivity contribution is 0.194. The number of anilines is 1. The molecule has 0 bridgehead atoms. The normalized spacial score (nSPS) is 9.88. The highest BCUT2D eigenvalue weighted by Gasteiger charge is 2.00. The summed E-state index contributed by atoms with van der Waals surface area (Å²) in [5, 5.41) is 6.06. The van der Waals surface area contributed by atoms with Gasteiger partial charge in [-0.2, -0.15) is 0 Å². The van der Waals surface area contributed by atoms with Crippen molar-refractivity contribution in [1.82, 2.24) is 5.32 Å². The molecule has 0 saturated heterocycles. The van der Waals surface area contributed by atoms with Gasteiger partial charge in [-0.15, -0.1) is 0 Å². The molecule has 1 aromatic rings. The number of hydrogen-bond acceptors (Lipinski definition) is 2. The largest absolute Gasteiger partial charge is 0.385 e. The van der Waals surface area contributed by atoms with Gasteiger partial charge in [0.05, 0.1) is 0 Å². The third-order valence-corrected chi connectivity index (χ3v) is 2.16. The fourth-order valence-corrected chi connectivity index (χ4v) is 1.25. The van der Waals surface area contributed by atoms with E-state index in [1.54, 1.807) is 31.4 Å². The van der Waals surface area contributed by atoms with Crippen LogP contribution in [0.5, 0.6) is 0 Å². The monoisotopic (exact) mass is 242 g/mol. The predicted molar refractivity (Wildman–Crippen MR) is 65.0 cm³/mol. The van der Waals surface area contributed by atoms with Crippen LogP contribution in [0.25, 0.3) is 0 Å². The second-order valence-corrected chi connectivity index (χ2v) is 3.67. The van der Waals surface area contributed by atoms with E-state index in [2.05, 4.69) is 10.6 Å². The Balaban J connectivity index is 2.26. The molecule has 0 fully saturated rings. The molecule has 0 aliphatic carbocycles. The maximum absolute atomic E-state index is 11.4. The van der Waals surface area contributed by atoms with Gasteiger partial charge in [0.2, 0.25) is 0 Å². The number of rotatable bonds is 5. The number of carbonyl (C=O) groups is 1. The van der Waals surface area contributed by atoms with Crippen LogP contribution in [0.1, 0.15) is 6.42 Å². The van der Waals surface area contributed by atoms with Crippen LogP contribution in [0.4, 0.5) is 10.5 Å². The quantitative estimate of drug-likeness (QED) is 0.780. The summed E-state index contributed by atoms with van der Waals surface area (Å²) in [5.41, 5.74) is 0.716. The highest BCUT2D eigenvalue weighted by Crippen LogP contribution is 2.12. The summed E-state index contributed by atoms with van der Waals surface area (Å²) in [7, 11) is 1.63. The lowest BCUT2D eigenvalue weighted by Crippen LogP contribution is -2.29. The van der Waals surface area contributed by atoms with Gasteiger partial charge in [-0.3, -0.25) is 0 Å². The number of hydrogen-bond donors (Lipinski definition) is 2. The molecule has 16 heavy (non-hydrogen) atoms. The van der Waals surface area contributed by atoms with Crippen molar-refractivity contribution in [1.29, 1.82) is 0 Å². The van der Waals surface area contributed by atoms with E-state index in [0.717, 1.165) is 6.42 Å². The highest BCUT2D eigenvalue weighted by atomic mass is 35.5. The summed E-state index contributed by atoms with van der Waals surface area (Å²) in [6.07, 6.45) is 0.796. The average molecular weight is 243 g/mol. The zero-order valence-electron chi connectivity index (χ0n) is 9.13. The van der Waals surface area contributed by atoms with E-state index in [0.29, 0.717) is 23.9 Å². The Morgan fingerprint density at radius 2 is 2.06 bits per heavy atom. The van der Waals surface area contributed by atoms with Gasteiger partial charge in [0.25, 0.3) is 0 Å². The summed E-state index contributed by atoms with van der Waals surface area (Å²) in [4.78, 5) is 11.4. The molecule has 2 amide bonds. The molecule has 0 aliphatic rings. The van der Waals surface area contributed by atoms with Crippen LogP contribution in [0.3, 0.4) is 0 Å². The van der Waals surface area contributed by atoms with Gasteiger partial charge in [-0.25, -0.2) is 4.79 Å². The van der Waals surface area contributed by atoms with Gasteiger partial charge in [0.15, 0.2) is 0 Å². The summed E-state index contributed by atoms with van der Waals surface area (Å²) < 4.78 is 4.87. The third-order valence-electron chi connectivity index (χ3n) is 1.91. The number of carbonyl (C=O) groups excluding carboxylic acids is 1. The molecule has 0 atom stereocenters. The van der Waals surface area contributed by atoms with Gasteiger partial charge in [-0.1, -0.05) is 11.6 Å². The van der Waals surface area contributed by atoms with Gasteiger partial charge in [0, 0.05) is 31.0 Å². The molecule has 4 nitrogen and oxygen atoms in total. The van der Waals surface area contributed by atoms with E-state index in [4.69, 9.17) is 16.3 Å². The second-order valence-electron chi connectivity index (χ2n) is 3.23. The Labute approximate surface area is 99.9 Å². The molecule has 1 aromatic carbocycles. The molecule has 88 valence electrons. The first-order chi connectivity index (χ1) is 7.72. The number of methoxy groups -OCH3 is 1. The van der Waals surface area contributed by atoms with E-state index in [9.17, 15) is 4.79 Å². The zero-order chi connectivity index (χ0) is 11.8. The molecule has 0 spiro atoms. The van der Waals surface area contributed by atoms with Crippen LogP contribution in [-0.2, 0) is 4.74 Å². The van der Waals surface area contributed by atoms with Crippen LogP contribution >= 0.6 is 11.6 Å². The molecule has 0 saturated carbocycles. The molecule has 0 aromatic heterocycles. The first kappa shape index (κ1) is 12.8. The second kappa shape index (κ2) is 7.09. The van der Waals surface area contributed by atoms with E-state index in [1.165, 1.54) is 0 Å². The lowest BCUT2D eigenvalue weighted by atomic mass is 10.3. The molecule has 0 unspecified atom stereocenters. The summed E-state index contributed by atoms with van der Waals surface area (Å²) >= 11 is 5.72. The number of benzene rings is 1. The van der Waals surface area contributed by atoms with Crippen molar-refractivity contribution in [3.63, 3.8) is 0 Å². The Hall–Kier alpha value is -1.26. The Morgan fingerprint density at radius 1 is 1.38 bits per heavy atom. The van der Waals surface area contributed by atoms with Gasteiger partial charge in [-0.05, 0) is 30.7 Å². The van der Waals surface area contributed by atoms with Crippen LogP contribution in [-0.4, -0.2) is 26.3 Å². The molecular weight excluding hydrogens is 228 g/mol. The van der Waals surface area contributed by atoms with Crippen LogP contribution in [0.2, 0.25) is 5.02 Å². The standard InChI is InChI=1S/C11H15ClN2O2/c1-16-8-2-7-13-11(15)14-10-5-3-9(12)4-6-10/h3-6H,2,7-8H2,1H3,(H2,13,14,15). The van der Waals surface area contributed by atoms with Crippen molar-refractivity contribution in [3.8, 4) is 0 Å². The molecule has 0 radical (unpaired) electrons. The fraction of sp³-hybridized carbons (Fsp3) is 0.364. The summed E-state index contributed by atoms with van der Waals surface area (Å²) in [6.45, 7) is 1.23. The number of ether oxygens (including phenoxy) is 1. The van der Waals surface area contributed by atoms with Crippen molar-refractivity contribution in [2.24, 2.45) is 0 Å². The van der Waals surface area contributed by atoms with Crippen molar-refractivity contribution >= 4 is 23.3 Å². The summed E-state index contributed by atoms with van der Waals surface area (Å²) in [6, 6.07) is 6.72. The minimum atomic E-state index is -0.224. The minimum Gasteiger partial charge on any atom is -0.385 e. The zero-order valence-corrected chi connectivity index (χ0v) is 9.88. The number of urea groups is 1. The fourth-order valence-electron chi connectivity index (χ4n) is 1.13. The molecule has 1 rings (SSSR count). The summed E-state index contributed by atoms with van der Waals surface area (Å²) in [5.74, 6) is 0. The van der Waals surface area contributed by atoms with E-state index < -0.39 is 0 Å². The molecule has 5 heteroatoms.